The Morgan fingerprint density at radius 2 is 1.67 bits per heavy atom. The van der Waals surface area contributed by atoms with Crippen LogP contribution in [0.1, 0.15) is 26.3 Å². The Balaban J connectivity index is 1.88. The first-order valence-electron chi connectivity index (χ1n) is 7.18. The predicted molar refractivity (Wildman–Crippen MR) is 85.5 cm³/mol. The van der Waals surface area contributed by atoms with Crippen molar-refractivity contribution in [2.45, 2.75) is 26.2 Å². The smallest absolute Gasteiger partial charge is 0.123 e. The van der Waals surface area contributed by atoms with Crippen LogP contribution in [0.5, 0.6) is 5.75 Å². The van der Waals surface area contributed by atoms with Crippen LogP contribution in [0.3, 0.4) is 0 Å². The van der Waals surface area contributed by atoms with E-state index in [4.69, 9.17) is 4.74 Å². The van der Waals surface area contributed by atoms with E-state index < -0.39 is 0 Å². The van der Waals surface area contributed by atoms with Gasteiger partial charge < -0.3 is 10.1 Å². The van der Waals surface area contributed by atoms with E-state index in [-0.39, 0.29) is 11.2 Å². The highest BCUT2D eigenvalue weighted by atomic mass is 19.1. The van der Waals surface area contributed by atoms with Crippen molar-refractivity contribution in [3.63, 3.8) is 0 Å². The van der Waals surface area contributed by atoms with E-state index in [0.29, 0.717) is 13.2 Å². The van der Waals surface area contributed by atoms with Gasteiger partial charge in [-0.15, -0.1) is 0 Å². The maximum absolute atomic E-state index is 12.8. The van der Waals surface area contributed by atoms with Gasteiger partial charge in [-0.25, -0.2) is 4.39 Å². The Labute approximate surface area is 126 Å². The highest BCUT2D eigenvalue weighted by Gasteiger charge is 2.18. The monoisotopic (exact) mass is 287 g/mol. The molecule has 2 nitrogen and oxygen atoms in total. The number of nitrogens with one attached hydrogen (secondary N) is 1. The van der Waals surface area contributed by atoms with Crippen LogP contribution in [0.4, 0.5) is 10.1 Å². The zero-order valence-electron chi connectivity index (χ0n) is 12.8. The molecular formula is C18H22FNO. The quantitative estimate of drug-likeness (QED) is 0.811. The van der Waals surface area contributed by atoms with E-state index in [1.807, 2.05) is 18.2 Å². The molecule has 0 aliphatic carbocycles. The lowest BCUT2D eigenvalue weighted by Crippen LogP contribution is -2.16. The molecule has 0 aromatic heterocycles. The van der Waals surface area contributed by atoms with Crippen LogP contribution in [-0.2, 0) is 5.41 Å². The highest BCUT2D eigenvalue weighted by molar-refractivity contribution is 5.43. The predicted octanol–water partition coefficient (Wildman–Crippen LogP) is 4.61. The van der Waals surface area contributed by atoms with Crippen molar-refractivity contribution in [1.82, 2.24) is 0 Å². The fourth-order valence-corrected chi connectivity index (χ4v) is 2.14. The summed E-state index contributed by atoms with van der Waals surface area (Å²) in [5.41, 5.74) is 2.15. The average Bonchev–Trinajstić information content (AvgIpc) is 2.45. The zero-order chi connectivity index (χ0) is 15.3. The van der Waals surface area contributed by atoms with E-state index in [1.165, 1.54) is 17.7 Å². The van der Waals surface area contributed by atoms with Gasteiger partial charge >= 0.3 is 0 Å². The standard InChI is InChI=1S/C18H22FNO/c1-18(2,3)16-6-4-5-7-17(16)21-13-12-20-15-10-8-14(19)9-11-15/h4-11,20H,12-13H2,1-3H3. The first kappa shape index (κ1) is 15.4. The van der Waals surface area contributed by atoms with Gasteiger partial charge in [-0.2, -0.15) is 0 Å². The van der Waals surface area contributed by atoms with Crippen molar-refractivity contribution in [1.29, 1.82) is 0 Å². The second kappa shape index (κ2) is 6.61. The number of rotatable bonds is 5. The second-order valence-electron chi connectivity index (χ2n) is 6.03. The molecule has 0 amide bonds. The summed E-state index contributed by atoms with van der Waals surface area (Å²) < 4.78 is 18.7. The molecule has 0 saturated carbocycles. The maximum Gasteiger partial charge on any atom is 0.123 e. The molecule has 2 aromatic carbocycles. The molecule has 2 aromatic rings. The van der Waals surface area contributed by atoms with E-state index in [1.54, 1.807) is 12.1 Å². The van der Waals surface area contributed by atoms with Crippen molar-refractivity contribution in [2.75, 3.05) is 18.5 Å². The number of halogens is 1. The fraction of sp³-hybridized carbons (Fsp3) is 0.333. The summed E-state index contributed by atoms with van der Waals surface area (Å²) >= 11 is 0. The Morgan fingerprint density at radius 3 is 2.33 bits per heavy atom. The topological polar surface area (TPSA) is 21.3 Å². The Morgan fingerprint density at radius 1 is 1.00 bits per heavy atom. The van der Waals surface area contributed by atoms with Crippen molar-refractivity contribution >= 4 is 5.69 Å². The summed E-state index contributed by atoms with van der Waals surface area (Å²) in [4.78, 5) is 0. The van der Waals surface area contributed by atoms with Gasteiger partial charge in [0, 0.05) is 12.2 Å². The molecule has 0 radical (unpaired) electrons. The normalized spacial score (nSPS) is 11.2. The van der Waals surface area contributed by atoms with Crippen molar-refractivity contribution < 1.29 is 9.13 Å². The van der Waals surface area contributed by atoms with Crippen molar-refractivity contribution in [3.05, 3.63) is 59.9 Å². The zero-order valence-corrected chi connectivity index (χ0v) is 12.8. The van der Waals surface area contributed by atoms with E-state index >= 15 is 0 Å². The van der Waals surface area contributed by atoms with Gasteiger partial charge in [0.1, 0.15) is 18.2 Å². The van der Waals surface area contributed by atoms with Crippen LogP contribution < -0.4 is 10.1 Å². The minimum absolute atomic E-state index is 0.0565. The van der Waals surface area contributed by atoms with Gasteiger partial charge in [-0.3, -0.25) is 0 Å². The molecule has 0 aliphatic heterocycles. The van der Waals surface area contributed by atoms with Gasteiger partial charge in [-0.05, 0) is 41.3 Å². The minimum Gasteiger partial charge on any atom is -0.491 e. The SMILES string of the molecule is CC(C)(C)c1ccccc1OCCNc1ccc(F)cc1. The molecule has 0 saturated heterocycles. The number of hydrogen-bond acceptors (Lipinski definition) is 2. The average molecular weight is 287 g/mol. The molecular weight excluding hydrogens is 265 g/mol. The lowest BCUT2D eigenvalue weighted by molar-refractivity contribution is 0.323. The molecule has 0 aliphatic rings. The van der Waals surface area contributed by atoms with E-state index in [2.05, 4.69) is 32.2 Å². The summed E-state index contributed by atoms with van der Waals surface area (Å²) in [7, 11) is 0. The molecule has 0 bridgehead atoms. The third-order valence-corrected chi connectivity index (χ3v) is 3.23. The van der Waals surface area contributed by atoms with Crippen LogP contribution in [0.25, 0.3) is 0 Å². The molecule has 0 atom stereocenters. The van der Waals surface area contributed by atoms with Gasteiger partial charge in [0.05, 0.1) is 0 Å². The summed E-state index contributed by atoms with van der Waals surface area (Å²) in [5, 5.41) is 3.21. The number of hydrogen-bond donors (Lipinski definition) is 1. The van der Waals surface area contributed by atoms with Crippen molar-refractivity contribution in [3.8, 4) is 5.75 Å². The molecule has 21 heavy (non-hydrogen) atoms. The van der Waals surface area contributed by atoms with Gasteiger partial charge in [0.25, 0.3) is 0 Å². The van der Waals surface area contributed by atoms with Gasteiger partial charge in [0.15, 0.2) is 0 Å². The number of ether oxygens (including phenoxy) is 1. The molecule has 0 unspecified atom stereocenters. The molecule has 0 spiro atoms. The minimum atomic E-state index is -0.226. The van der Waals surface area contributed by atoms with Crippen LogP contribution in [0.15, 0.2) is 48.5 Å². The largest absolute Gasteiger partial charge is 0.491 e. The molecule has 3 heteroatoms. The van der Waals surface area contributed by atoms with Gasteiger partial charge in [-0.1, -0.05) is 39.0 Å². The molecule has 112 valence electrons. The fourth-order valence-electron chi connectivity index (χ4n) is 2.14. The van der Waals surface area contributed by atoms with Crippen LogP contribution >= 0.6 is 0 Å². The third kappa shape index (κ3) is 4.48. The highest BCUT2D eigenvalue weighted by Crippen LogP contribution is 2.30. The Kier molecular flexibility index (Phi) is 4.84. The summed E-state index contributed by atoms with van der Waals surface area (Å²) in [5.74, 6) is 0.696. The lowest BCUT2D eigenvalue weighted by atomic mass is 9.86. The molecule has 0 fully saturated rings. The van der Waals surface area contributed by atoms with E-state index in [9.17, 15) is 4.39 Å². The summed E-state index contributed by atoms with van der Waals surface area (Å²) in [6.07, 6.45) is 0. The van der Waals surface area contributed by atoms with Crippen molar-refractivity contribution in [2.24, 2.45) is 0 Å². The molecule has 1 N–H and O–H groups in total. The molecule has 2 rings (SSSR count). The number of para-hydroxylation sites is 1. The maximum atomic E-state index is 12.8. The van der Waals surface area contributed by atoms with Crippen LogP contribution in [0.2, 0.25) is 0 Å². The van der Waals surface area contributed by atoms with Crippen LogP contribution in [-0.4, -0.2) is 13.2 Å². The molecule has 0 heterocycles. The first-order valence-corrected chi connectivity index (χ1v) is 7.18. The second-order valence-corrected chi connectivity index (χ2v) is 6.03. The van der Waals surface area contributed by atoms with Crippen LogP contribution in [0, 0.1) is 5.82 Å². The van der Waals surface area contributed by atoms with E-state index in [0.717, 1.165) is 11.4 Å². The Bertz CT molecular complexity index is 573. The lowest BCUT2D eigenvalue weighted by Gasteiger charge is -2.22. The number of anilines is 1. The summed E-state index contributed by atoms with van der Waals surface area (Å²) in [6.45, 7) is 7.75. The third-order valence-electron chi connectivity index (χ3n) is 3.23. The first-order chi connectivity index (χ1) is 9.97. The summed E-state index contributed by atoms with van der Waals surface area (Å²) in [6, 6.07) is 14.4. The van der Waals surface area contributed by atoms with Gasteiger partial charge in [0.2, 0.25) is 0 Å². The number of benzene rings is 2. The Hall–Kier alpha value is -2.03.